The predicted octanol–water partition coefficient (Wildman–Crippen LogP) is 7.80. The van der Waals surface area contributed by atoms with E-state index in [4.69, 9.17) is 9.84 Å². The molecule has 0 saturated heterocycles. The van der Waals surface area contributed by atoms with Crippen LogP contribution in [0, 0.1) is 46.3 Å². The van der Waals surface area contributed by atoms with Crippen LogP contribution in [0.25, 0.3) is 0 Å². The number of aliphatic hydroxyl groups excluding tert-OH is 1. The lowest BCUT2D eigenvalue weighted by molar-refractivity contribution is -0.0645. The largest absolute Gasteiger partial charge is 0.396 e. The molecule has 0 heterocycles. The summed E-state index contributed by atoms with van der Waals surface area (Å²) in [6.45, 7) is 13.6. The molecule has 3 saturated carbocycles. The molecule has 0 amide bonds. The second-order valence-corrected chi connectivity index (χ2v) is 13.1. The fourth-order valence-corrected chi connectivity index (χ4v) is 9.11. The Labute approximate surface area is 199 Å². The summed E-state index contributed by atoms with van der Waals surface area (Å²) in [7, 11) is 0. The minimum atomic E-state index is 0.244. The van der Waals surface area contributed by atoms with Gasteiger partial charge in [0, 0.05) is 13.2 Å². The van der Waals surface area contributed by atoms with Crippen molar-refractivity contribution >= 4 is 0 Å². The molecule has 2 nitrogen and oxygen atoms in total. The quantitative estimate of drug-likeness (QED) is 0.290. The molecule has 0 aromatic heterocycles. The van der Waals surface area contributed by atoms with Gasteiger partial charge in [-0.05, 0) is 104 Å². The Bertz CT molecular complexity index is 653. The van der Waals surface area contributed by atoms with E-state index in [0.717, 1.165) is 48.3 Å². The van der Waals surface area contributed by atoms with Gasteiger partial charge in [0.2, 0.25) is 0 Å². The van der Waals surface area contributed by atoms with Crippen LogP contribution in [0.2, 0.25) is 0 Å². The van der Waals surface area contributed by atoms with Gasteiger partial charge in [-0.25, -0.2) is 0 Å². The molecule has 4 aliphatic rings. The van der Waals surface area contributed by atoms with E-state index in [1.807, 2.05) is 0 Å². The van der Waals surface area contributed by atoms with Crippen LogP contribution < -0.4 is 0 Å². The summed E-state index contributed by atoms with van der Waals surface area (Å²) in [6, 6.07) is 0. The summed E-state index contributed by atoms with van der Waals surface area (Å²) < 4.78 is 6.13. The predicted molar refractivity (Wildman–Crippen MR) is 134 cm³/mol. The number of hydrogen-bond acceptors (Lipinski definition) is 2. The number of ether oxygens (including phenoxy) is 1. The van der Waals surface area contributed by atoms with Crippen molar-refractivity contribution in [3.8, 4) is 0 Å². The maximum absolute atomic E-state index is 9.07. The monoisotopic (exact) mass is 444 g/mol. The number of allylic oxidation sites excluding steroid dienone is 1. The molecule has 2 heteroatoms. The minimum absolute atomic E-state index is 0.244. The van der Waals surface area contributed by atoms with E-state index in [9.17, 15) is 0 Å². The van der Waals surface area contributed by atoms with Crippen LogP contribution in [0.15, 0.2) is 11.6 Å². The van der Waals surface area contributed by atoms with Crippen LogP contribution in [0.5, 0.6) is 0 Å². The summed E-state index contributed by atoms with van der Waals surface area (Å²) in [5, 5.41) is 9.07. The average Bonchev–Trinajstić information content (AvgIpc) is 3.11. The Morgan fingerprint density at radius 3 is 2.56 bits per heavy atom. The van der Waals surface area contributed by atoms with Crippen molar-refractivity contribution < 1.29 is 9.84 Å². The molecule has 32 heavy (non-hydrogen) atoms. The van der Waals surface area contributed by atoms with Gasteiger partial charge >= 0.3 is 0 Å². The molecule has 184 valence electrons. The highest BCUT2D eigenvalue weighted by Gasteiger charge is 2.59. The van der Waals surface area contributed by atoms with Crippen molar-refractivity contribution in [2.45, 2.75) is 118 Å². The third-order valence-electron chi connectivity index (χ3n) is 10.9. The Kier molecular flexibility index (Phi) is 7.82. The fourth-order valence-electron chi connectivity index (χ4n) is 9.11. The second kappa shape index (κ2) is 10.1. The van der Waals surface area contributed by atoms with Gasteiger partial charge < -0.3 is 9.84 Å². The van der Waals surface area contributed by atoms with Gasteiger partial charge in [-0.1, -0.05) is 65.5 Å². The van der Waals surface area contributed by atoms with Gasteiger partial charge in [-0.15, -0.1) is 0 Å². The lowest BCUT2D eigenvalue weighted by atomic mass is 9.47. The molecule has 0 aliphatic heterocycles. The molecule has 0 spiro atoms. The van der Waals surface area contributed by atoms with Gasteiger partial charge in [-0.3, -0.25) is 0 Å². The molecular weight excluding hydrogens is 392 g/mol. The Hall–Kier alpha value is -0.340. The Morgan fingerprint density at radius 1 is 1.00 bits per heavy atom. The van der Waals surface area contributed by atoms with Gasteiger partial charge in [0.1, 0.15) is 0 Å². The summed E-state index contributed by atoms with van der Waals surface area (Å²) in [5.74, 6) is 5.47. The highest BCUT2D eigenvalue weighted by Crippen LogP contribution is 2.67. The zero-order chi connectivity index (χ0) is 22.9. The maximum atomic E-state index is 9.07. The minimum Gasteiger partial charge on any atom is -0.396 e. The first-order valence-corrected chi connectivity index (χ1v) is 14.2. The van der Waals surface area contributed by atoms with Crippen molar-refractivity contribution in [2.24, 2.45) is 46.3 Å². The Morgan fingerprint density at radius 2 is 1.81 bits per heavy atom. The highest BCUT2D eigenvalue weighted by molar-refractivity contribution is 5.25. The number of rotatable bonds is 9. The molecule has 4 unspecified atom stereocenters. The smallest absolute Gasteiger partial charge is 0.0612 e. The molecule has 0 radical (unpaired) electrons. The molecule has 0 aromatic carbocycles. The molecule has 1 N–H and O–H groups in total. The number of fused-ring (bicyclic) bond motifs is 5. The lowest BCUT2D eigenvalue weighted by Crippen LogP contribution is -2.51. The number of hydrogen-bond donors (Lipinski definition) is 1. The summed E-state index contributed by atoms with van der Waals surface area (Å²) in [4.78, 5) is 0. The molecule has 4 aliphatic carbocycles. The van der Waals surface area contributed by atoms with Gasteiger partial charge in [-0.2, -0.15) is 0 Å². The standard InChI is InChI=1S/C30H52O2/c1-21(2)8-6-9-22(3)26-12-13-27-25-11-10-23-20-24(32-19-7-18-31)14-16-29(23,4)28(25)15-17-30(26,27)5/h10,21-22,24-28,31H,6-9,11-20H2,1-5H3/t22?,24-,25?,26+,27?,28?,29-,30+/m0/s1. The molecule has 3 fully saturated rings. The number of aliphatic hydroxyl groups is 1. The zero-order valence-electron chi connectivity index (χ0n) is 21.9. The van der Waals surface area contributed by atoms with Crippen molar-refractivity contribution in [1.29, 1.82) is 0 Å². The second-order valence-electron chi connectivity index (χ2n) is 13.1. The first-order valence-electron chi connectivity index (χ1n) is 14.2. The van der Waals surface area contributed by atoms with Gasteiger partial charge in [0.15, 0.2) is 0 Å². The summed E-state index contributed by atoms with van der Waals surface area (Å²) >= 11 is 0. The fraction of sp³-hybridized carbons (Fsp3) is 0.933. The van der Waals surface area contributed by atoms with E-state index in [2.05, 4.69) is 40.7 Å². The zero-order valence-corrected chi connectivity index (χ0v) is 21.9. The van der Waals surface area contributed by atoms with Crippen LogP contribution in [0.4, 0.5) is 0 Å². The normalized spacial score (nSPS) is 42.2. The third-order valence-corrected chi connectivity index (χ3v) is 10.9. The van der Waals surface area contributed by atoms with Gasteiger partial charge in [0.05, 0.1) is 6.10 Å². The van der Waals surface area contributed by atoms with E-state index < -0.39 is 0 Å². The van der Waals surface area contributed by atoms with Crippen LogP contribution >= 0.6 is 0 Å². The van der Waals surface area contributed by atoms with E-state index >= 15 is 0 Å². The molecule has 4 rings (SSSR count). The molecule has 8 atom stereocenters. The first kappa shape index (κ1) is 24.8. The Balaban J connectivity index is 1.42. The third kappa shape index (κ3) is 4.61. The topological polar surface area (TPSA) is 29.5 Å². The van der Waals surface area contributed by atoms with Crippen LogP contribution in [-0.4, -0.2) is 24.4 Å². The lowest BCUT2D eigenvalue weighted by Gasteiger charge is -2.58. The first-order chi connectivity index (χ1) is 15.3. The highest BCUT2D eigenvalue weighted by atomic mass is 16.5. The summed E-state index contributed by atoms with van der Waals surface area (Å²) in [6.07, 6.45) is 19.0. The van der Waals surface area contributed by atoms with Crippen molar-refractivity contribution in [3.05, 3.63) is 11.6 Å². The SMILES string of the molecule is CC(C)CCCC(C)[C@H]1CCC2C3CC=C4C[C@@H](OCCCO)CC[C@]4(C)C3CC[C@@]21C. The van der Waals surface area contributed by atoms with Crippen LogP contribution in [-0.2, 0) is 4.74 Å². The van der Waals surface area contributed by atoms with Crippen molar-refractivity contribution in [2.75, 3.05) is 13.2 Å². The van der Waals surface area contributed by atoms with E-state index in [0.29, 0.717) is 23.5 Å². The van der Waals surface area contributed by atoms with E-state index in [1.54, 1.807) is 5.57 Å². The van der Waals surface area contributed by atoms with Crippen molar-refractivity contribution in [1.82, 2.24) is 0 Å². The van der Waals surface area contributed by atoms with E-state index in [1.165, 1.54) is 64.2 Å². The molecular formula is C30H52O2. The van der Waals surface area contributed by atoms with Crippen LogP contribution in [0.1, 0.15) is 112 Å². The molecule has 0 bridgehead atoms. The summed E-state index contributed by atoms with van der Waals surface area (Å²) in [5.41, 5.74) is 2.73. The van der Waals surface area contributed by atoms with Crippen molar-refractivity contribution in [3.63, 3.8) is 0 Å². The molecule has 0 aromatic rings. The average molecular weight is 445 g/mol. The van der Waals surface area contributed by atoms with E-state index in [-0.39, 0.29) is 6.61 Å². The maximum Gasteiger partial charge on any atom is 0.0612 e. The van der Waals surface area contributed by atoms with Crippen LogP contribution in [0.3, 0.4) is 0 Å². The van der Waals surface area contributed by atoms with Gasteiger partial charge in [0.25, 0.3) is 0 Å².